The maximum absolute atomic E-state index is 12.1. The van der Waals surface area contributed by atoms with Crippen LogP contribution in [-0.4, -0.2) is 52.1 Å². The first kappa shape index (κ1) is 32.2. The van der Waals surface area contributed by atoms with Crippen LogP contribution >= 0.6 is 0 Å². The summed E-state index contributed by atoms with van der Waals surface area (Å²) in [6.07, 6.45) is 3.00. The van der Waals surface area contributed by atoms with Crippen molar-refractivity contribution in [1.29, 1.82) is 0 Å². The predicted octanol–water partition coefficient (Wildman–Crippen LogP) is 6.02. The van der Waals surface area contributed by atoms with Crippen LogP contribution < -0.4 is 0 Å². The van der Waals surface area contributed by atoms with E-state index in [1.807, 2.05) is 34.6 Å². The topological polar surface area (TPSA) is 66.8 Å². The second-order valence-electron chi connectivity index (χ2n) is 11.0. The number of rotatable bonds is 7. The number of ketones is 1. The summed E-state index contributed by atoms with van der Waals surface area (Å²) in [4.78, 5) is 26.4. The van der Waals surface area contributed by atoms with E-state index < -0.39 is 5.41 Å². The van der Waals surface area contributed by atoms with Gasteiger partial charge in [0.1, 0.15) is 11.9 Å². The van der Waals surface area contributed by atoms with E-state index in [9.17, 15) is 14.7 Å². The molecule has 5 nitrogen and oxygen atoms in total. The molecule has 1 saturated heterocycles. The van der Waals surface area contributed by atoms with Gasteiger partial charge in [-0.1, -0.05) is 61.8 Å². The summed E-state index contributed by atoms with van der Waals surface area (Å²) in [5.41, 5.74) is -0.729. The molecule has 0 aromatic carbocycles. The Morgan fingerprint density at radius 1 is 1.03 bits per heavy atom. The summed E-state index contributed by atoms with van der Waals surface area (Å²) in [5.74, 6) is 0.674. The van der Waals surface area contributed by atoms with Gasteiger partial charge in [-0.15, -0.1) is 0 Å². The predicted molar refractivity (Wildman–Crippen MR) is 131 cm³/mol. The lowest BCUT2D eigenvalue weighted by atomic mass is 9.78. The summed E-state index contributed by atoms with van der Waals surface area (Å²) >= 11 is 0. The fourth-order valence-corrected chi connectivity index (χ4v) is 3.85. The molecular weight excluding hydrogens is 390 g/mol. The Bertz CT molecular complexity index is 500. The van der Waals surface area contributed by atoms with Crippen LogP contribution in [-0.2, 0) is 14.3 Å². The zero-order chi connectivity index (χ0) is 25.0. The van der Waals surface area contributed by atoms with Gasteiger partial charge >= 0.3 is 5.97 Å². The molecule has 186 valence electrons. The Hall–Kier alpha value is -0.940. The molecule has 1 fully saturated rings. The van der Waals surface area contributed by atoms with Crippen molar-refractivity contribution in [3.8, 4) is 0 Å². The molecule has 1 N–H and O–H groups in total. The molecule has 1 rings (SSSR count). The number of aliphatic hydroxyl groups is 1. The summed E-state index contributed by atoms with van der Waals surface area (Å²) < 4.78 is 5.67. The van der Waals surface area contributed by atoms with Gasteiger partial charge < -0.3 is 9.84 Å². The van der Waals surface area contributed by atoms with E-state index in [1.54, 1.807) is 0 Å². The molecule has 5 heteroatoms. The van der Waals surface area contributed by atoms with E-state index >= 15 is 0 Å². The molecule has 1 aliphatic heterocycles. The van der Waals surface area contributed by atoms with E-state index in [4.69, 9.17) is 4.74 Å². The second-order valence-corrected chi connectivity index (χ2v) is 11.0. The highest BCUT2D eigenvalue weighted by molar-refractivity contribution is 5.86. The first-order valence-electron chi connectivity index (χ1n) is 12.2. The number of esters is 1. The molecule has 1 aliphatic rings. The third kappa shape index (κ3) is 12.6. The smallest absolute Gasteiger partial charge is 0.306 e. The van der Waals surface area contributed by atoms with Gasteiger partial charge in [0.05, 0.1) is 13.0 Å². The molecule has 0 saturated carbocycles. The number of carbonyl (C=O) groups is 2. The number of ether oxygens (including phenoxy) is 1. The molecule has 0 atom stereocenters. The van der Waals surface area contributed by atoms with Gasteiger partial charge in [-0.25, -0.2) is 0 Å². The molecule has 0 unspecified atom stereocenters. The van der Waals surface area contributed by atoms with Crippen LogP contribution in [0, 0.1) is 11.3 Å². The van der Waals surface area contributed by atoms with Crippen molar-refractivity contribution in [2.24, 2.45) is 11.3 Å². The third-order valence-electron chi connectivity index (χ3n) is 5.75. The molecule has 31 heavy (non-hydrogen) atoms. The van der Waals surface area contributed by atoms with Gasteiger partial charge in [0.2, 0.25) is 0 Å². The Labute approximate surface area is 193 Å². The fraction of sp³-hybridized carbons (Fsp3) is 0.923. The van der Waals surface area contributed by atoms with Gasteiger partial charge in [0, 0.05) is 42.3 Å². The van der Waals surface area contributed by atoms with Gasteiger partial charge in [-0.05, 0) is 33.6 Å². The number of hydrogen-bond donors (Lipinski definition) is 1. The largest absolute Gasteiger partial charge is 0.462 e. The van der Waals surface area contributed by atoms with Gasteiger partial charge in [0.25, 0.3) is 0 Å². The molecule has 0 spiro atoms. The molecule has 0 amide bonds. The third-order valence-corrected chi connectivity index (χ3v) is 5.75. The van der Waals surface area contributed by atoms with Crippen LogP contribution in [0.3, 0.4) is 0 Å². The molecule has 0 radical (unpaired) electrons. The first-order valence-corrected chi connectivity index (χ1v) is 12.2. The fourth-order valence-electron chi connectivity index (χ4n) is 3.85. The van der Waals surface area contributed by atoms with Gasteiger partial charge in [-0.3, -0.25) is 14.5 Å². The first-order chi connectivity index (χ1) is 14.1. The Morgan fingerprint density at radius 3 is 1.77 bits per heavy atom. The molecule has 0 aliphatic carbocycles. The Balaban J connectivity index is 0. The van der Waals surface area contributed by atoms with Crippen molar-refractivity contribution in [2.45, 2.75) is 132 Å². The van der Waals surface area contributed by atoms with Crippen molar-refractivity contribution in [2.75, 3.05) is 13.2 Å². The van der Waals surface area contributed by atoms with Crippen LogP contribution in [0.25, 0.3) is 0 Å². The van der Waals surface area contributed by atoms with Crippen LogP contribution in [0.5, 0.6) is 0 Å². The average molecular weight is 444 g/mol. The highest BCUT2D eigenvalue weighted by Gasteiger charge is 2.46. The lowest BCUT2D eigenvalue weighted by molar-refractivity contribution is -0.161. The Morgan fingerprint density at radius 2 is 1.45 bits per heavy atom. The number of piperidine rings is 1. The lowest BCUT2D eigenvalue weighted by Gasteiger charge is -2.54. The van der Waals surface area contributed by atoms with Crippen LogP contribution in [0.15, 0.2) is 0 Å². The number of hydrogen-bond acceptors (Lipinski definition) is 5. The summed E-state index contributed by atoms with van der Waals surface area (Å²) in [5, 5.41) is 9.32. The number of likely N-dealkylation sites (tertiary alicyclic amines) is 1. The van der Waals surface area contributed by atoms with Crippen LogP contribution in [0.4, 0.5) is 0 Å². The molecule has 0 bridgehead atoms. The maximum Gasteiger partial charge on any atom is 0.306 e. The Kier molecular flexibility index (Phi) is 14.8. The zero-order valence-electron chi connectivity index (χ0n) is 22.7. The van der Waals surface area contributed by atoms with E-state index in [0.29, 0.717) is 6.54 Å². The maximum atomic E-state index is 12.1. The summed E-state index contributed by atoms with van der Waals surface area (Å²) in [6, 6.07) is 0. The lowest BCUT2D eigenvalue weighted by Crippen LogP contribution is -2.62. The number of Topliss-reactive ketones (excluding diaryl/α,β-unsaturated/α-hetero) is 1. The molecular formula is C26H53NO4. The van der Waals surface area contributed by atoms with Crippen molar-refractivity contribution < 1.29 is 19.4 Å². The normalized spacial score (nSPS) is 18.4. The number of carbonyl (C=O) groups excluding carboxylic acids is 2. The minimum atomic E-state index is -0.417. The van der Waals surface area contributed by atoms with Crippen LogP contribution in [0.1, 0.15) is 115 Å². The standard InChI is InChI=1S/C19H35NO4.C5H12.C2H6/c1-17(2,3)15(22)8-9-16(23)24-14-12-18(4,5)20(10-11-21)19(6,7)13-14;1-4-5(2)3;1-2/h14,21H,8-13H2,1-7H3;5H,4H2,1-3H3;1-2H3. The quantitative estimate of drug-likeness (QED) is 0.487. The highest BCUT2D eigenvalue weighted by atomic mass is 16.5. The van der Waals surface area contributed by atoms with E-state index in [-0.39, 0.29) is 48.4 Å². The van der Waals surface area contributed by atoms with Crippen molar-refractivity contribution in [3.05, 3.63) is 0 Å². The second kappa shape index (κ2) is 14.3. The SMILES string of the molecule is CC.CC(C)(C)C(=O)CCC(=O)OC1CC(C)(C)N(CCO)C(C)(C)C1.CCC(C)C. The van der Waals surface area contributed by atoms with Gasteiger partial charge in [0.15, 0.2) is 0 Å². The monoisotopic (exact) mass is 443 g/mol. The average Bonchev–Trinajstić information content (AvgIpc) is 2.63. The van der Waals surface area contributed by atoms with Crippen LogP contribution in [0.2, 0.25) is 0 Å². The van der Waals surface area contributed by atoms with E-state index in [0.717, 1.165) is 18.8 Å². The molecule has 0 aromatic heterocycles. The zero-order valence-corrected chi connectivity index (χ0v) is 22.7. The van der Waals surface area contributed by atoms with Crippen molar-refractivity contribution in [1.82, 2.24) is 4.90 Å². The summed E-state index contributed by atoms with van der Waals surface area (Å²) in [6.45, 7) is 25.4. The molecule has 0 aromatic rings. The minimum absolute atomic E-state index is 0.0814. The summed E-state index contributed by atoms with van der Waals surface area (Å²) in [7, 11) is 0. The van der Waals surface area contributed by atoms with Crippen molar-refractivity contribution in [3.63, 3.8) is 0 Å². The number of aliphatic hydroxyl groups excluding tert-OH is 1. The van der Waals surface area contributed by atoms with Crippen molar-refractivity contribution >= 4 is 11.8 Å². The van der Waals surface area contributed by atoms with Gasteiger partial charge in [-0.2, -0.15) is 0 Å². The number of β-amino-alcohol motifs (C(OH)–C–C–N with tert-alkyl or cyclic N) is 1. The minimum Gasteiger partial charge on any atom is -0.462 e. The highest BCUT2D eigenvalue weighted by Crippen LogP contribution is 2.39. The number of nitrogens with zero attached hydrogens (tertiary/aromatic N) is 1. The molecule has 1 heterocycles. The van der Waals surface area contributed by atoms with E-state index in [1.165, 1.54) is 6.42 Å². The van der Waals surface area contributed by atoms with E-state index in [2.05, 4.69) is 53.4 Å².